The number of rotatable bonds is 8. The van der Waals surface area contributed by atoms with Crippen LogP contribution >= 0.6 is 0 Å². The van der Waals surface area contributed by atoms with Crippen molar-refractivity contribution in [3.8, 4) is 0 Å². The molecule has 3 saturated heterocycles. The molecule has 3 N–H and O–H groups in total. The number of anilines is 2. The molecule has 4 fully saturated rings. The molecule has 1 aliphatic carbocycles. The lowest BCUT2D eigenvalue weighted by atomic mass is 9.87. The van der Waals surface area contributed by atoms with Gasteiger partial charge in [0, 0.05) is 50.5 Å². The van der Waals surface area contributed by atoms with Crippen molar-refractivity contribution in [1.82, 2.24) is 25.5 Å². The third kappa shape index (κ3) is 6.68. The Labute approximate surface area is 217 Å². The van der Waals surface area contributed by atoms with E-state index in [0.717, 1.165) is 63.8 Å². The van der Waals surface area contributed by atoms with Crippen molar-refractivity contribution in [2.75, 3.05) is 49.5 Å². The van der Waals surface area contributed by atoms with Gasteiger partial charge in [-0.15, -0.1) is 0 Å². The van der Waals surface area contributed by atoms with Crippen LogP contribution in [0.3, 0.4) is 0 Å². The van der Waals surface area contributed by atoms with E-state index in [4.69, 9.17) is 4.98 Å². The first-order valence-electron chi connectivity index (χ1n) is 14.9. The van der Waals surface area contributed by atoms with E-state index in [2.05, 4.69) is 36.8 Å². The third-order valence-electron chi connectivity index (χ3n) is 8.92. The Kier molecular flexibility index (Phi) is 9.31. The number of nitrogens with zero attached hydrogens (tertiary/aromatic N) is 4. The molecule has 1 aromatic heterocycles. The van der Waals surface area contributed by atoms with Gasteiger partial charge >= 0.3 is 0 Å². The number of piperidine rings is 1. The van der Waals surface area contributed by atoms with Crippen LogP contribution < -0.4 is 20.9 Å². The van der Waals surface area contributed by atoms with Gasteiger partial charge in [0.05, 0.1) is 5.92 Å². The van der Waals surface area contributed by atoms with E-state index < -0.39 is 0 Å². The fourth-order valence-corrected chi connectivity index (χ4v) is 6.91. The van der Waals surface area contributed by atoms with E-state index in [1.807, 2.05) is 6.20 Å². The summed E-state index contributed by atoms with van der Waals surface area (Å²) in [5.74, 6) is 2.18. The number of nitrogens with one attached hydrogen (secondary N) is 3. The van der Waals surface area contributed by atoms with Crippen LogP contribution in [0.25, 0.3) is 0 Å². The molecule has 4 aliphatic rings. The molecule has 0 spiro atoms. The van der Waals surface area contributed by atoms with E-state index in [0.29, 0.717) is 18.1 Å². The Morgan fingerprint density at radius 2 is 1.78 bits per heavy atom. The lowest BCUT2D eigenvalue weighted by molar-refractivity contribution is -0.124. The van der Waals surface area contributed by atoms with Gasteiger partial charge in [0.2, 0.25) is 11.9 Å². The number of carbonyl (C=O) groups excluding carboxylic acids is 1. The van der Waals surface area contributed by atoms with Gasteiger partial charge in [-0.05, 0) is 70.5 Å². The highest BCUT2D eigenvalue weighted by Crippen LogP contribution is 2.31. The maximum absolute atomic E-state index is 12.6. The highest BCUT2D eigenvalue weighted by atomic mass is 16.1. The van der Waals surface area contributed by atoms with Crippen molar-refractivity contribution in [3.63, 3.8) is 0 Å². The number of likely N-dealkylation sites (tertiary alicyclic amines) is 1. The van der Waals surface area contributed by atoms with Crippen molar-refractivity contribution >= 4 is 17.7 Å². The minimum atomic E-state index is 0.134. The standard InChI is InChI=1S/C28H47N7O/c36-27(22-12-15-29-21-22)30-16-13-25-24(11-8-20-35(25)23-9-4-3-5-10-23)32-28-31-17-14-26(33-28)34-18-6-1-2-7-19-34/h14,17,22-25,29H,1-13,15-16,18-21H2,(H,30,36)(H,31,32,33). The quantitative estimate of drug-likeness (QED) is 0.506. The normalized spacial score (nSPS) is 28.6. The van der Waals surface area contributed by atoms with Gasteiger partial charge in [0.1, 0.15) is 5.82 Å². The second-order valence-electron chi connectivity index (χ2n) is 11.4. The van der Waals surface area contributed by atoms with Crippen LogP contribution in [0.4, 0.5) is 11.8 Å². The summed E-state index contributed by atoms with van der Waals surface area (Å²) in [6.07, 6.45) is 18.0. The zero-order valence-corrected chi connectivity index (χ0v) is 22.1. The minimum Gasteiger partial charge on any atom is -0.356 e. The average Bonchev–Trinajstić information content (AvgIpc) is 3.33. The van der Waals surface area contributed by atoms with Crippen LogP contribution in [-0.2, 0) is 4.79 Å². The second-order valence-corrected chi connectivity index (χ2v) is 11.4. The number of aromatic nitrogens is 2. The summed E-state index contributed by atoms with van der Waals surface area (Å²) in [6.45, 7) is 5.87. The molecule has 36 heavy (non-hydrogen) atoms. The minimum absolute atomic E-state index is 0.134. The molecule has 3 unspecified atom stereocenters. The topological polar surface area (TPSA) is 85.4 Å². The molecule has 8 nitrogen and oxygen atoms in total. The van der Waals surface area contributed by atoms with E-state index in [-0.39, 0.29) is 11.8 Å². The van der Waals surface area contributed by atoms with Crippen LogP contribution in [-0.4, -0.2) is 78.2 Å². The Hall–Kier alpha value is -1.93. The summed E-state index contributed by atoms with van der Waals surface area (Å²) < 4.78 is 0. The first kappa shape index (κ1) is 25.7. The van der Waals surface area contributed by atoms with E-state index >= 15 is 0 Å². The molecule has 4 heterocycles. The predicted molar refractivity (Wildman–Crippen MR) is 145 cm³/mol. The molecule has 8 heteroatoms. The summed E-state index contributed by atoms with van der Waals surface area (Å²) in [4.78, 5) is 27.5. The molecule has 1 amide bonds. The monoisotopic (exact) mass is 497 g/mol. The largest absolute Gasteiger partial charge is 0.356 e. The van der Waals surface area contributed by atoms with Crippen LogP contribution in [0.5, 0.6) is 0 Å². The molecule has 0 aromatic carbocycles. The Morgan fingerprint density at radius 3 is 2.56 bits per heavy atom. The van der Waals surface area contributed by atoms with Crippen LogP contribution in [0.1, 0.15) is 83.5 Å². The maximum Gasteiger partial charge on any atom is 0.224 e. The second kappa shape index (κ2) is 13.0. The first-order chi connectivity index (χ1) is 17.8. The van der Waals surface area contributed by atoms with Gasteiger partial charge in [0.15, 0.2) is 0 Å². The molecule has 1 aromatic rings. The van der Waals surface area contributed by atoms with Crippen molar-refractivity contribution < 1.29 is 4.79 Å². The van der Waals surface area contributed by atoms with E-state index in [9.17, 15) is 4.79 Å². The van der Waals surface area contributed by atoms with Crippen molar-refractivity contribution in [2.45, 2.75) is 102 Å². The number of amides is 1. The lowest BCUT2D eigenvalue weighted by Crippen LogP contribution is -2.56. The third-order valence-corrected chi connectivity index (χ3v) is 8.92. The van der Waals surface area contributed by atoms with Gasteiger partial charge in [-0.25, -0.2) is 4.98 Å². The molecule has 0 radical (unpaired) electrons. The van der Waals surface area contributed by atoms with Crippen molar-refractivity contribution in [1.29, 1.82) is 0 Å². The summed E-state index contributed by atoms with van der Waals surface area (Å²) in [5.41, 5.74) is 0. The van der Waals surface area contributed by atoms with Crippen LogP contribution in [0.15, 0.2) is 12.3 Å². The Morgan fingerprint density at radius 1 is 0.972 bits per heavy atom. The van der Waals surface area contributed by atoms with E-state index in [1.54, 1.807) is 0 Å². The Balaban J connectivity index is 1.26. The zero-order valence-electron chi connectivity index (χ0n) is 22.1. The highest BCUT2D eigenvalue weighted by molar-refractivity contribution is 5.79. The number of hydrogen-bond donors (Lipinski definition) is 3. The Bertz CT molecular complexity index is 816. The lowest BCUT2D eigenvalue weighted by Gasteiger charge is -2.47. The maximum atomic E-state index is 12.6. The molecular weight excluding hydrogens is 450 g/mol. The molecule has 200 valence electrons. The van der Waals surface area contributed by atoms with Gasteiger partial charge in [0.25, 0.3) is 0 Å². The molecule has 0 bridgehead atoms. The summed E-state index contributed by atoms with van der Waals surface area (Å²) in [7, 11) is 0. The van der Waals surface area contributed by atoms with Crippen molar-refractivity contribution in [3.05, 3.63) is 12.3 Å². The smallest absolute Gasteiger partial charge is 0.224 e. The average molecular weight is 498 g/mol. The summed E-state index contributed by atoms with van der Waals surface area (Å²) in [6, 6.07) is 3.45. The highest BCUT2D eigenvalue weighted by Gasteiger charge is 2.36. The van der Waals surface area contributed by atoms with Crippen LogP contribution in [0, 0.1) is 5.92 Å². The molecule has 5 rings (SSSR count). The van der Waals surface area contributed by atoms with Gasteiger partial charge in [-0.2, -0.15) is 4.98 Å². The van der Waals surface area contributed by atoms with Gasteiger partial charge in [-0.3, -0.25) is 9.69 Å². The van der Waals surface area contributed by atoms with Gasteiger partial charge < -0.3 is 20.9 Å². The zero-order chi connectivity index (χ0) is 24.6. The molecule has 3 atom stereocenters. The summed E-state index contributed by atoms with van der Waals surface area (Å²) >= 11 is 0. The predicted octanol–water partition coefficient (Wildman–Crippen LogP) is 3.55. The van der Waals surface area contributed by atoms with E-state index in [1.165, 1.54) is 70.8 Å². The number of carbonyl (C=O) groups is 1. The SMILES string of the molecule is O=C(NCCC1C(Nc2nccc(N3CCCCCC3)n2)CCCN1C1CCCCC1)C1CCNC1. The van der Waals surface area contributed by atoms with Gasteiger partial charge in [-0.1, -0.05) is 32.1 Å². The fraction of sp³-hybridized carbons (Fsp3) is 0.821. The molecule has 3 aliphatic heterocycles. The number of hydrogen-bond acceptors (Lipinski definition) is 7. The van der Waals surface area contributed by atoms with Crippen LogP contribution in [0.2, 0.25) is 0 Å². The first-order valence-corrected chi connectivity index (χ1v) is 14.9. The molecule has 1 saturated carbocycles. The summed E-state index contributed by atoms with van der Waals surface area (Å²) in [5, 5.41) is 10.4. The molecular formula is C28H47N7O. The fourth-order valence-electron chi connectivity index (χ4n) is 6.91. The van der Waals surface area contributed by atoms with Crippen molar-refractivity contribution in [2.24, 2.45) is 5.92 Å².